The van der Waals surface area contributed by atoms with Gasteiger partial charge in [-0.15, -0.1) is 0 Å². The molecule has 0 aliphatic heterocycles. The molecule has 1 aromatic rings. The van der Waals surface area contributed by atoms with E-state index in [0.717, 1.165) is 12.8 Å². The van der Waals surface area contributed by atoms with Gasteiger partial charge in [0.05, 0.1) is 0 Å². The molecule has 1 aliphatic rings. The molecule has 1 aromatic carbocycles. The highest BCUT2D eigenvalue weighted by atomic mass is 19.1. The standard InChI is InChI=1S/C12H11FO/c13-11-4-2-1-3-9(11)7-8-12(14)10-5-6-10/h1-4,7-8,10H,5-6H2/b8-7+. The molecule has 0 aromatic heterocycles. The van der Waals surface area contributed by atoms with Gasteiger partial charge in [-0.05, 0) is 31.1 Å². The molecular weight excluding hydrogens is 179 g/mol. The zero-order chi connectivity index (χ0) is 9.97. The molecule has 2 rings (SSSR count). The van der Waals surface area contributed by atoms with Gasteiger partial charge in [0.25, 0.3) is 0 Å². The first-order valence-electron chi connectivity index (χ1n) is 4.74. The predicted molar refractivity (Wildman–Crippen MR) is 53.2 cm³/mol. The summed E-state index contributed by atoms with van der Waals surface area (Å²) in [6.07, 6.45) is 5.01. The number of carbonyl (C=O) groups is 1. The number of carbonyl (C=O) groups excluding carboxylic acids is 1. The largest absolute Gasteiger partial charge is 0.295 e. The lowest BCUT2D eigenvalue weighted by molar-refractivity contribution is -0.115. The van der Waals surface area contributed by atoms with Crippen LogP contribution in [0.3, 0.4) is 0 Å². The van der Waals surface area contributed by atoms with E-state index in [1.807, 2.05) is 0 Å². The molecule has 0 spiro atoms. The van der Waals surface area contributed by atoms with Crippen molar-refractivity contribution in [2.75, 3.05) is 0 Å². The van der Waals surface area contributed by atoms with Crippen LogP contribution in [0, 0.1) is 11.7 Å². The minimum atomic E-state index is -0.285. The molecule has 1 fully saturated rings. The molecule has 0 atom stereocenters. The first kappa shape index (κ1) is 9.13. The molecule has 1 aliphatic carbocycles. The Bertz CT molecular complexity index is 378. The van der Waals surface area contributed by atoms with Crippen LogP contribution in [-0.2, 0) is 4.79 Å². The van der Waals surface area contributed by atoms with Crippen LogP contribution in [0.25, 0.3) is 6.08 Å². The summed E-state index contributed by atoms with van der Waals surface area (Å²) < 4.78 is 13.1. The predicted octanol–water partition coefficient (Wildman–Crippen LogP) is 2.82. The highest BCUT2D eigenvalue weighted by molar-refractivity contribution is 5.96. The van der Waals surface area contributed by atoms with Crippen LogP contribution in [0.2, 0.25) is 0 Å². The fourth-order valence-corrected chi connectivity index (χ4v) is 1.29. The minimum Gasteiger partial charge on any atom is -0.295 e. The molecule has 0 radical (unpaired) electrons. The van der Waals surface area contributed by atoms with Crippen molar-refractivity contribution in [3.63, 3.8) is 0 Å². The lowest BCUT2D eigenvalue weighted by Crippen LogP contribution is -1.93. The van der Waals surface area contributed by atoms with Gasteiger partial charge in [0, 0.05) is 11.5 Å². The Morgan fingerprint density at radius 3 is 2.71 bits per heavy atom. The van der Waals surface area contributed by atoms with E-state index in [9.17, 15) is 9.18 Å². The Hall–Kier alpha value is -1.44. The van der Waals surface area contributed by atoms with Crippen molar-refractivity contribution in [2.45, 2.75) is 12.8 Å². The number of hydrogen-bond donors (Lipinski definition) is 0. The molecule has 0 N–H and O–H groups in total. The smallest absolute Gasteiger partial charge is 0.158 e. The molecule has 2 heteroatoms. The van der Waals surface area contributed by atoms with Crippen molar-refractivity contribution in [2.24, 2.45) is 5.92 Å². The van der Waals surface area contributed by atoms with Crippen LogP contribution in [0.1, 0.15) is 18.4 Å². The van der Waals surface area contributed by atoms with E-state index in [2.05, 4.69) is 0 Å². The summed E-state index contributed by atoms with van der Waals surface area (Å²) in [4.78, 5) is 11.3. The zero-order valence-electron chi connectivity index (χ0n) is 7.74. The monoisotopic (exact) mass is 190 g/mol. The van der Waals surface area contributed by atoms with Crippen molar-refractivity contribution >= 4 is 11.9 Å². The fourth-order valence-electron chi connectivity index (χ4n) is 1.29. The number of benzene rings is 1. The Morgan fingerprint density at radius 1 is 1.36 bits per heavy atom. The molecule has 0 saturated heterocycles. The van der Waals surface area contributed by atoms with Crippen molar-refractivity contribution in [1.29, 1.82) is 0 Å². The van der Waals surface area contributed by atoms with Crippen LogP contribution in [-0.4, -0.2) is 5.78 Å². The molecular formula is C12H11FO. The second-order valence-corrected chi connectivity index (χ2v) is 3.53. The third-order valence-electron chi connectivity index (χ3n) is 2.31. The zero-order valence-corrected chi connectivity index (χ0v) is 7.74. The van der Waals surface area contributed by atoms with Gasteiger partial charge >= 0.3 is 0 Å². The Morgan fingerprint density at radius 2 is 2.07 bits per heavy atom. The van der Waals surface area contributed by atoms with Gasteiger partial charge in [0.1, 0.15) is 5.82 Å². The van der Waals surface area contributed by atoms with Crippen LogP contribution in [0.15, 0.2) is 30.3 Å². The molecule has 1 saturated carbocycles. The summed E-state index contributed by atoms with van der Waals surface area (Å²) in [6, 6.07) is 6.44. The third-order valence-corrected chi connectivity index (χ3v) is 2.31. The summed E-state index contributed by atoms with van der Waals surface area (Å²) in [5.74, 6) is 0.0404. The molecule has 1 nitrogen and oxygen atoms in total. The summed E-state index contributed by atoms with van der Waals surface area (Å²) >= 11 is 0. The Balaban J connectivity index is 2.09. The highest BCUT2D eigenvalue weighted by Crippen LogP contribution is 2.30. The number of rotatable bonds is 3. The van der Waals surface area contributed by atoms with Crippen LogP contribution in [0.4, 0.5) is 4.39 Å². The fraction of sp³-hybridized carbons (Fsp3) is 0.250. The maximum absolute atomic E-state index is 13.1. The van der Waals surface area contributed by atoms with E-state index in [1.165, 1.54) is 12.1 Å². The molecule has 0 amide bonds. The maximum atomic E-state index is 13.1. The molecule has 0 unspecified atom stereocenters. The van der Waals surface area contributed by atoms with Crippen molar-refractivity contribution in [3.8, 4) is 0 Å². The Kier molecular flexibility index (Phi) is 2.44. The lowest BCUT2D eigenvalue weighted by atomic mass is 10.1. The van der Waals surface area contributed by atoms with Gasteiger partial charge in [-0.3, -0.25) is 4.79 Å². The average molecular weight is 190 g/mol. The van der Waals surface area contributed by atoms with Crippen molar-refractivity contribution in [1.82, 2.24) is 0 Å². The Labute approximate surface area is 82.3 Å². The first-order chi connectivity index (χ1) is 6.77. The summed E-state index contributed by atoms with van der Waals surface area (Å²) in [6.45, 7) is 0. The second kappa shape index (κ2) is 3.74. The highest BCUT2D eigenvalue weighted by Gasteiger charge is 2.27. The number of hydrogen-bond acceptors (Lipinski definition) is 1. The van der Waals surface area contributed by atoms with E-state index < -0.39 is 0 Å². The van der Waals surface area contributed by atoms with Crippen LogP contribution >= 0.6 is 0 Å². The van der Waals surface area contributed by atoms with Gasteiger partial charge in [-0.25, -0.2) is 4.39 Å². The van der Waals surface area contributed by atoms with Gasteiger partial charge in [0.15, 0.2) is 5.78 Å². The number of halogens is 1. The minimum absolute atomic E-state index is 0.119. The van der Waals surface area contributed by atoms with E-state index in [-0.39, 0.29) is 17.5 Å². The summed E-state index contributed by atoms with van der Waals surface area (Å²) in [7, 11) is 0. The van der Waals surface area contributed by atoms with Crippen LogP contribution < -0.4 is 0 Å². The molecule has 72 valence electrons. The van der Waals surface area contributed by atoms with Crippen molar-refractivity contribution in [3.05, 3.63) is 41.7 Å². The number of allylic oxidation sites excluding steroid dienone is 1. The third kappa shape index (κ3) is 2.08. The topological polar surface area (TPSA) is 17.1 Å². The maximum Gasteiger partial charge on any atom is 0.158 e. The molecule has 14 heavy (non-hydrogen) atoms. The van der Waals surface area contributed by atoms with Crippen molar-refractivity contribution < 1.29 is 9.18 Å². The molecule has 0 heterocycles. The SMILES string of the molecule is O=C(/C=C/c1ccccc1F)C1CC1. The van der Waals surface area contributed by atoms with E-state index >= 15 is 0 Å². The van der Waals surface area contributed by atoms with Gasteiger partial charge < -0.3 is 0 Å². The summed E-state index contributed by atoms with van der Waals surface area (Å²) in [5, 5.41) is 0. The van der Waals surface area contributed by atoms with E-state index in [0.29, 0.717) is 5.56 Å². The lowest BCUT2D eigenvalue weighted by Gasteiger charge is -1.94. The summed E-state index contributed by atoms with van der Waals surface area (Å²) in [5.41, 5.74) is 0.474. The van der Waals surface area contributed by atoms with Gasteiger partial charge in [-0.2, -0.15) is 0 Å². The molecule has 0 bridgehead atoms. The second-order valence-electron chi connectivity index (χ2n) is 3.53. The number of ketones is 1. The first-order valence-corrected chi connectivity index (χ1v) is 4.74. The van der Waals surface area contributed by atoms with Gasteiger partial charge in [0.2, 0.25) is 0 Å². The quantitative estimate of drug-likeness (QED) is 0.670. The van der Waals surface area contributed by atoms with Gasteiger partial charge in [-0.1, -0.05) is 18.2 Å². The average Bonchev–Trinajstić information content (AvgIpc) is 2.99. The normalized spacial score (nSPS) is 16.1. The van der Waals surface area contributed by atoms with E-state index in [1.54, 1.807) is 24.3 Å². The van der Waals surface area contributed by atoms with Crippen LogP contribution in [0.5, 0.6) is 0 Å². The van der Waals surface area contributed by atoms with E-state index in [4.69, 9.17) is 0 Å².